The fraction of sp³-hybridized carbons (Fsp3) is 0.312. The number of aliphatic imine (C=N–C) groups is 1. The molecule has 0 saturated heterocycles. The Hall–Kier alpha value is -2.67. The van der Waals surface area contributed by atoms with E-state index >= 15 is 0 Å². The number of aromatic nitrogens is 2. The lowest BCUT2D eigenvalue weighted by Crippen LogP contribution is -2.31. The smallest absolute Gasteiger partial charge is 0.335 e. The Kier molecular flexibility index (Phi) is 5.13. The number of aliphatic hydroxyl groups excluding tert-OH is 1. The molecule has 7 nitrogen and oxygen atoms in total. The first-order chi connectivity index (χ1) is 11.0. The Bertz CT molecular complexity index is 849. The summed E-state index contributed by atoms with van der Waals surface area (Å²) in [5.41, 5.74) is 0.941. The molecule has 3 N–H and O–H groups in total. The number of H-pyrrole nitrogens is 1. The second-order valence-electron chi connectivity index (χ2n) is 5.21. The topological polar surface area (TPSA) is 108 Å². The number of benzene rings is 1. The number of aliphatic hydroxyl groups is 1. The summed E-state index contributed by atoms with van der Waals surface area (Å²) >= 11 is 0. The van der Waals surface area contributed by atoms with Gasteiger partial charge in [0, 0.05) is 19.4 Å². The van der Waals surface area contributed by atoms with E-state index in [2.05, 4.69) is 9.98 Å². The van der Waals surface area contributed by atoms with Gasteiger partial charge in [-0.15, -0.1) is 0 Å². The predicted molar refractivity (Wildman–Crippen MR) is 88.0 cm³/mol. The molecule has 2 rings (SSSR count). The molecule has 0 aliphatic carbocycles. The standard InChI is InChI=1S/C16H19N3O4/c1-10-4-5-12(8-11(10)2)19-15(22)13(9-17-6-3-7-20)14(21)18-16(19)23/h4-5,8-9,20,22H,3,6-7H2,1-2H3,(H,18,21,23). The summed E-state index contributed by atoms with van der Waals surface area (Å²) < 4.78 is 1.03. The van der Waals surface area contributed by atoms with Gasteiger partial charge in [-0.25, -0.2) is 9.36 Å². The van der Waals surface area contributed by atoms with Crippen LogP contribution < -0.4 is 11.2 Å². The molecule has 0 radical (unpaired) electrons. The zero-order valence-corrected chi connectivity index (χ0v) is 13.0. The largest absolute Gasteiger partial charge is 0.493 e. The average molecular weight is 317 g/mol. The molecule has 0 bridgehead atoms. The third kappa shape index (κ3) is 3.57. The van der Waals surface area contributed by atoms with Gasteiger partial charge in [0.15, 0.2) is 0 Å². The van der Waals surface area contributed by atoms with Crippen molar-refractivity contribution < 1.29 is 10.2 Å². The number of nitrogens with zero attached hydrogens (tertiary/aromatic N) is 2. The monoisotopic (exact) mass is 317 g/mol. The molecule has 1 aromatic heterocycles. The Morgan fingerprint density at radius 1 is 1.26 bits per heavy atom. The van der Waals surface area contributed by atoms with Gasteiger partial charge in [0.1, 0.15) is 5.56 Å². The van der Waals surface area contributed by atoms with Crippen LogP contribution in [0.25, 0.3) is 5.69 Å². The van der Waals surface area contributed by atoms with Crippen molar-refractivity contribution in [3.8, 4) is 11.6 Å². The first-order valence-electron chi connectivity index (χ1n) is 7.22. The number of hydrogen-bond acceptors (Lipinski definition) is 5. The summed E-state index contributed by atoms with van der Waals surface area (Å²) in [6.07, 6.45) is 1.66. The lowest BCUT2D eigenvalue weighted by atomic mass is 10.1. The van der Waals surface area contributed by atoms with Gasteiger partial charge in [0.05, 0.1) is 5.69 Å². The zero-order valence-electron chi connectivity index (χ0n) is 13.0. The molecule has 1 aromatic carbocycles. The molecule has 0 aliphatic heterocycles. The number of aromatic hydroxyl groups is 1. The fourth-order valence-corrected chi connectivity index (χ4v) is 2.08. The van der Waals surface area contributed by atoms with Gasteiger partial charge < -0.3 is 10.2 Å². The van der Waals surface area contributed by atoms with Crippen LogP contribution in [0.5, 0.6) is 5.88 Å². The lowest BCUT2D eigenvalue weighted by Gasteiger charge is -2.11. The molecule has 7 heteroatoms. The number of rotatable bonds is 5. The second-order valence-corrected chi connectivity index (χ2v) is 5.21. The summed E-state index contributed by atoms with van der Waals surface area (Å²) in [4.78, 5) is 30.1. The Morgan fingerprint density at radius 3 is 2.65 bits per heavy atom. The highest BCUT2D eigenvalue weighted by molar-refractivity contribution is 5.82. The van der Waals surface area contributed by atoms with Crippen LogP contribution in [0.4, 0.5) is 0 Å². The van der Waals surface area contributed by atoms with Crippen molar-refractivity contribution in [3.63, 3.8) is 0 Å². The predicted octanol–water partition coefficient (Wildman–Crippen LogP) is 0.650. The van der Waals surface area contributed by atoms with Crippen LogP contribution in [-0.4, -0.2) is 39.1 Å². The summed E-state index contributed by atoms with van der Waals surface area (Å²) in [6.45, 7) is 4.14. The highest BCUT2D eigenvalue weighted by Gasteiger charge is 2.14. The molecule has 122 valence electrons. The maximum absolute atomic E-state index is 12.1. The third-order valence-electron chi connectivity index (χ3n) is 3.54. The van der Waals surface area contributed by atoms with Gasteiger partial charge in [0.2, 0.25) is 5.88 Å². The first kappa shape index (κ1) is 16.7. The summed E-state index contributed by atoms with van der Waals surface area (Å²) in [6, 6.07) is 5.27. The normalized spacial score (nSPS) is 11.3. The van der Waals surface area contributed by atoms with Gasteiger partial charge in [-0.3, -0.25) is 14.8 Å². The van der Waals surface area contributed by atoms with Gasteiger partial charge in [-0.05, 0) is 43.5 Å². The molecular formula is C16H19N3O4. The first-order valence-corrected chi connectivity index (χ1v) is 7.22. The van der Waals surface area contributed by atoms with E-state index in [9.17, 15) is 14.7 Å². The minimum absolute atomic E-state index is 0.0121. The summed E-state index contributed by atoms with van der Waals surface area (Å²) in [5, 5.41) is 19.0. The van der Waals surface area contributed by atoms with E-state index in [0.29, 0.717) is 18.7 Å². The molecular weight excluding hydrogens is 298 g/mol. The molecule has 0 spiro atoms. The van der Waals surface area contributed by atoms with Crippen molar-refractivity contribution >= 4 is 6.21 Å². The zero-order chi connectivity index (χ0) is 17.0. The van der Waals surface area contributed by atoms with E-state index < -0.39 is 17.1 Å². The van der Waals surface area contributed by atoms with Crippen molar-refractivity contribution in [2.45, 2.75) is 20.3 Å². The molecule has 0 amide bonds. The van der Waals surface area contributed by atoms with Crippen molar-refractivity contribution in [2.24, 2.45) is 4.99 Å². The molecule has 0 saturated carbocycles. The minimum atomic E-state index is -0.719. The molecule has 23 heavy (non-hydrogen) atoms. The van der Waals surface area contributed by atoms with Gasteiger partial charge in [-0.1, -0.05) is 6.07 Å². The highest BCUT2D eigenvalue weighted by Crippen LogP contribution is 2.18. The van der Waals surface area contributed by atoms with Crippen LogP contribution in [0, 0.1) is 13.8 Å². The van der Waals surface area contributed by atoms with E-state index in [4.69, 9.17) is 5.11 Å². The summed E-state index contributed by atoms with van der Waals surface area (Å²) in [7, 11) is 0. The maximum Gasteiger partial charge on any atom is 0.335 e. The molecule has 0 aliphatic rings. The molecule has 2 aromatic rings. The van der Waals surface area contributed by atoms with Crippen LogP contribution >= 0.6 is 0 Å². The Morgan fingerprint density at radius 2 is 2.00 bits per heavy atom. The Balaban J connectivity index is 2.56. The third-order valence-corrected chi connectivity index (χ3v) is 3.54. The number of aromatic amines is 1. The van der Waals surface area contributed by atoms with Gasteiger partial charge in [0.25, 0.3) is 5.56 Å². The molecule has 1 heterocycles. The van der Waals surface area contributed by atoms with Gasteiger partial charge >= 0.3 is 5.69 Å². The van der Waals surface area contributed by atoms with Crippen LogP contribution in [0.15, 0.2) is 32.8 Å². The maximum atomic E-state index is 12.1. The van der Waals surface area contributed by atoms with Crippen molar-refractivity contribution in [1.82, 2.24) is 9.55 Å². The fourth-order valence-electron chi connectivity index (χ4n) is 2.08. The molecule has 0 atom stereocenters. The number of aryl methyl sites for hydroxylation is 2. The van der Waals surface area contributed by atoms with Crippen LogP contribution in [0.2, 0.25) is 0 Å². The number of hydrogen-bond donors (Lipinski definition) is 3. The van der Waals surface area contributed by atoms with E-state index in [0.717, 1.165) is 15.7 Å². The van der Waals surface area contributed by atoms with Crippen LogP contribution in [0.1, 0.15) is 23.1 Å². The average Bonchev–Trinajstić information content (AvgIpc) is 2.49. The van der Waals surface area contributed by atoms with Crippen molar-refractivity contribution in [2.75, 3.05) is 13.2 Å². The van der Waals surface area contributed by atoms with E-state index in [1.54, 1.807) is 12.1 Å². The molecule has 0 fully saturated rings. The van der Waals surface area contributed by atoms with Crippen LogP contribution in [0.3, 0.4) is 0 Å². The van der Waals surface area contributed by atoms with Crippen molar-refractivity contribution in [1.29, 1.82) is 0 Å². The van der Waals surface area contributed by atoms with Gasteiger partial charge in [-0.2, -0.15) is 0 Å². The lowest BCUT2D eigenvalue weighted by molar-refractivity contribution is 0.291. The highest BCUT2D eigenvalue weighted by atomic mass is 16.3. The quantitative estimate of drug-likeness (QED) is 0.556. The van der Waals surface area contributed by atoms with E-state index in [-0.39, 0.29) is 12.2 Å². The van der Waals surface area contributed by atoms with E-state index in [1.165, 1.54) is 6.21 Å². The second kappa shape index (κ2) is 7.06. The SMILES string of the molecule is Cc1ccc(-n2c(O)c(C=NCCCO)c(=O)[nH]c2=O)cc1C. The number of nitrogens with one attached hydrogen (secondary N) is 1. The van der Waals surface area contributed by atoms with E-state index in [1.807, 2.05) is 19.9 Å². The van der Waals surface area contributed by atoms with Crippen LogP contribution in [-0.2, 0) is 0 Å². The minimum Gasteiger partial charge on any atom is -0.493 e. The summed E-state index contributed by atoms with van der Waals surface area (Å²) in [5.74, 6) is -0.463. The van der Waals surface area contributed by atoms with Crippen molar-refractivity contribution in [3.05, 3.63) is 55.7 Å². The molecule has 0 unspecified atom stereocenters. The Labute approximate surface area is 132 Å².